The van der Waals surface area contributed by atoms with Crippen molar-refractivity contribution in [1.82, 2.24) is 9.62 Å². The van der Waals surface area contributed by atoms with Crippen molar-refractivity contribution >= 4 is 28.4 Å². The maximum atomic E-state index is 13.4. The molecule has 9 heteroatoms. The van der Waals surface area contributed by atoms with E-state index < -0.39 is 21.8 Å². The van der Waals surface area contributed by atoms with Crippen LogP contribution in [0.5, 0.6) is 0 Å². The first-order valence-electron chi connectivity index (χ1n) is 6.55. The van der Waals surface area contributed by atoms with Crippen LogP contribution in [0.4, 0.5) is 4.39 Å². The van der Waals surface area contributed by atoms with Crippen molar-refractivity contribution in [2.75, 3.05) is 33.3 Å². The summed E-state index contributed by atoms with van der Waals surface area (Å²) in [5.41, 5.74) is -0.156. The van der Waals surface area contributed by atoms with Gasteiger partial charge in [-0.1, -0.05) is 0 Å². The Morgan fingerprint density at radius 3 is 2.73 bits per heavy atom. The number of benzene rings is 1. The Hall–Kier alpha value is -1.22. The lowest BCUT2D eigenvalue weighted by molar-refractivity contribution is 0.0596. The Morgan fingerprint density at radius 1 is 1.32 bits per heavy atom. The van der Waals surface area contributed by atoms with Crippen molar-refractivity contribution in [1.29, 1.82) is 0 Å². The van der Waals surface area contributed by atoms with Crippen LogP contribution in [-0.2, 0) is 14.8 Å². The SMILES string of the molecule is COC(=O)c1ccc(F)cc1S(=O)(=O)N1CCCNCC1.Cl. The van der Waals surface area contributed by atoms with Crippen LogP contribution in [0.3, 0.4) is 0 Å². The van der Waals surface area contributed by atoms with Crippen molar-refractivity contribution in [3.63, 3.8) is 0 Å². The topological polar surface area (TPSA) is 75.7 Å². The molecule has 1 heterocycles. The lowest BCUT2D eigenvalue weighted by Gasteiger charge is -2.21. The van der Waals surface area contributed by atoms with Gasteiger partial charge in [0.25, 0.3) is 0 Å². The highest BCUT2D eigenvalue weighted by Gasteiger charge is 2.30. The van der Waals surface area contributed by atoms with Crippen LogP contribution in [0.2, 0.25) is 0 Å². The van der Waals surface area contributed by atoms with Gasteiger partial charge in [-0.2, -0.15) is 4.31 Å². The molecule has 0 amide bonds. The largest absolute Gasteiger partial charge is 0.465 e. The maximum Gasteiger partial charge on any atom is 0.339 e. The summed E-state index contributed by atoms with van der Waals surface area (Å²) in [7, 11) is -2.79. The predicted molar refractivity (Wildman–Crippen MR) is 81.2 cm³/mol. The average Bonchev–Trinajstić information content (AvgIpc) is 2.76. The fourth-order valence-corrected chi connectivity index (χ4v) is 3.86. The Balaban J connectivity index is 0.00000242. The summed E-state index contributed by atoms with van der Waals surface area (Å²) in [5, 5.41) is 3.09. The summed E-state index contributed by atoms with van der Waals surface area (Å²) in [6.07, 6.45) is 0.655. The summed E-state index contributed by atoms with van der Waals surface area (Å²) in [6.45, 7) is 1.84. The van der Waals surface area contributed by atoms with E-state index in [1.807, 2.05) is 0 Å². The summed E-state index contributed by atoms with van der Waals surface area (Å²) < 4.78 is 44.6. The number of hydrogen-bond donors (Lipinski definition) is 1. The second kappa shape index (κ2) is 7.87. The molecule has 22 heavy (non-hydrogen) atoms. The number of hydrogen-bond acceptors (Lipinski definition) is 5. The first-order valence-corrected chi connectivity index (χ1v) is 7.99. The zero-order valence-corrected chi connectivity index (χ0v) is 13.7. The molecular formula is C13H18ClFN2O4S. The molecule has 0 atom stereocenters. The van der Waals surface area contributed by atoms with Crippen LogP contribution < -0.4 is 5.32 Å². The number of halogens is 2. The molecule has 1 aromatic rings. The predicted octanol–water partition coefficient (Wildman–Crippen LogP) is 1.02. The molecule has 124 valence electrons. The van der Waals surface area contributed by atoms with Crippen LogP contribution >= 0.6 is 12.4 Å². The van der Waals surface area contributed by atoms with Gasteiger partial charge in [0.2, 0.25) is 10.0 Å². The van der Waals surface area contributed by atoms with Gasteiger partial charge in [0.15, 0.2) is 0 Å². The first-order chi connectivity index (χ1) is 9.96. The summed E-state index contributed by atoms with van der Waals surface area (Å²) >= 11 is 0. The van der Waals surface area contributed by atoms with Gasteiger partial charge in [-0.15, -0.1) is 12.4 Å². The van der Waals surface area contributed by atoms with Gasteiger partial charge in [0, 0.05) is 19.6 Å². The number of methoxy groups -OCH3 is 1. The van der Waals surface area contributed by atoms with Crippen molar-refractivity contribution in [2.24, 2.45) is 0 Å². The number of carbonyl (C=O) groups is 1. The van der Waals surface area contributed by atoms with Crippen molar-refractivity contribution in [3.05, 3.63) is 29.6 Å². The minimum atomic E-state index is -3.94. The second-order valence-corrected chi connectivity index (χ2v) is 6.55. The molecule has 0 saturated carbocycles. The Labute approximate surface area is 135 Å². The maximum absolute atomic E-state index is 13.4. The van der Waals surface area contributed by atoms with Gasteiger partial charge in [0.05, 0.1) is 17.6 Å². The smallest absolute Gasteiger partial charge is 0.339 e. The van der Waals surface area contributed by atoms with E-state index in [-0.39, 0.29) is 29.4 Å². The quantitative estimate of drug-likeness (QED) is 0.822. The van der Waals surface area contributed by atoms with E-state index in [4.69, 9.17) is 0 Å². The number of carbonyl (C=O) groups excluding carboxylic acids is 1. The second-order valence-electron chi connectivity index (χ2n) is 4.64. The van der Waals surface area contributed by atoms with Gasteiger partial charge in [-0.25, -0.2) is 17.6 Å². The van der Waals surface area contributed by atoms with Crippen LogP contribution in [-0.4, -0.2) is 52.0 Å². The molecular weight excluding hydrogens is 335 g/mol. The van der Waals surface area contributed by atoms with Gasteiger partial charge in [0.1, 0.15) is 5.82 Å². The van der Waals surface area contributed by atoms with Crippen molar-refractivity contribution < 1.29 is 22.3 Å². The van der Waals surface area contributed by atoms with Gasteiger partial charge in [-0.05, 0) is 31.2 Å². The molecule has 1 aliphatic heterocycles. The number of nitrogens with zero attached hydrogens (tertiary/aromatic N) is 1. The van der Waals surface area contributed by atoms with E-state index in [1.54, 1.807) is 0 Å². The molecule has 6 nitrogen and oxygen atoms in total. The molecule has 1 N–H and O–H groups in total. The van der Waals surface area contributed by atoms with Crippen molar-refractivity contribution in [3.8, 4) is 0 Å². The van der Waals surface area contributed by atoms with Gasteiger partial charge < -0.3 is 10.1 Å². The zero-order valence-electron chi connectivity index (χ0n) is 12.0. The van der Waals surface area contributed by atoms with E-state index in [1.165, 1.54) is 4.31 Å². The molecule has 0 aromatic heterocycles. The normalized spacial score (nSPS) is 16.5. The standard InChI is InChI=1S/C13H17FN2O4S.ClH/c1-20-13(17)11-4-3-10(14)9-12(11)21(18,19)16-7-2-5-15-6-8-16;/h3-4,9,15H,2,5-8H2,1H3;1H. The molecule has 2 rings (SSSR count). The van der Waals surface area contributed by atoms with E-state index in [0.717, 1.165) is 31.9 Å². The molecule has 0 aliphatic carbocycles. The lowest BCUT2D eigenvalue weighted by atomic mass is 10.2. The van der Waals surface area contributed by atoms with Crippen LogP contribution in [0.25, 0.3) is 0 Å². The van der Waals surface area contributed by atoms with Crippen molar-refractivity contribution in [2.45, 2.75) is 11.3 Å². The summed E-state index contributed by atoms with van der Waals surface area (Å²) in [4.78, 5) is 11.4. The average molecular weight is 353 g/mol. The van der Waals surface area contributed by atoms with E-state index in [9.17, 15) is 17.6 Å². The molecule has 0 spiro atoms. The number of ether oxygens (including phenoxy) is 1. The van der Waals surface area contributed by atoms with Gasteiger partial charge >= 0.3 is 5.97 Å². The van der Waals surface area contributed by atoms with Crippen LogP contribution in [0.1, 0.15) is 16.8 Å². The molecule has 1 fully saturated rings. The van der Waals surface area contributed by atoms with E-state index in [0.29, 0.717) is 19.5 Å². The highest BCUT2D eigenvalue weighted by Crippen LogP contribution is 2.23. The number of esters is 1. The fraction of sp³-hybridized carbons (Fsp3) is 0.462. The number of rotatable bonds is 3. The summed E-state index contributed by atoms with van der Waals surface area (Å²) in [6, 6.07) is 3.03. The molecule has 1 saturated heterocycles. The Morgan fingerprint density at radius 2 is 2.05 bits per heavy atom. The lowest BCUT2D eigenvalue weighted by Crippen LogP contribution is -2.35. The number of sulfonamides is 1. The first kappa shape index (κ1) is 18.8. The van der Waals surface area contributed by atoms with E-state index >= 15 is 0 Å². The third-order valence-electron chi connectivity index (χ3n) is 3.27. The van der Waals surface area contributed by atoms with Crippen LogP contribution in [0, 0.1) is 5.82 Å². The zero-order chi connectivity index (χ0) is 15.5. The Bertz CT molecular complexity index is 631. The molecule has 0 unspecified atom stereocenters. The molecule has 1 aromatic carbocycles. The highest BCUT2D eigenvalue weighted by atomic mass is 35.5. The minimum absolute atomic E-state index is 0. The fourth-order valence-electron chi connectivity index (χ4n) is 2.19. The monoisotopic (exact) mass is 352 g/mol. The van der Waals surface area contributed by atoms with Gasteiger partial charge in [-0.3, -0.25) is 0 Å². The number of nitrogens with one attached hydrogen (secondary N) is 1. The molecule has 1 aliphatic rings. The summed E-state index contributed by atoms with van der Waals surface area (Å²) in [5.74, 6) is -1.52. The highest BCUT2D eigenvalue weighted by molar-refractivity contribution is 7.89. The third kappa shape index (κ3) is 3.95. The minimum Gasteiger partial charge on any atom is -0.465 e. The van der Waals surface area contributed by atoms with E-state index in [2.05, 4.69) is 10.1 Å². The molecule has 0 bridgehead atoms. The van der Waals surface area contributed by atoms with Crippen LogP contribution in [0.15, 0.2) is 23.1 Å². The molecule has 0 radical (unpaired) electrons. The third-order valence-corrected chi connectivity index (χ3v) is 5.20. The Kier molecular flexibility index (Phi) is 6.73.